The Morgan fingerprint density at radius 2 is 1.24 bits per heavy atom. The molecule has 0 aliphatic carbocycles. The van der Waals surface area contributed by atoms with Gasteiger partial charge in [-0.25, -0.2) is 0 Å². The Balaban J connectivity index is 3.68. The van der Waals surface area contributed by atoms with Crippen LogP contribution < -0.4 is 0 Å². The summed E-state index contributed by atoms with van der Waals surface area (Å²) < 4.78 is 0. The molecule has 0 saturated carbocycles. The molecule has 2 nitrogen and oxygen atoms in total. The van der Waals surface area contributed by atoms with Gasteiger partial charge in [-0.3, -0.25) is 0 Å². The Bertz CT molecular complexity index is 159. The predicted octanol–water partition coefficient (Wildman–Crippen LogP) is 4.04. The molecule has 0 aliphatic heterocycles. The van der Waals surface area contributed by atoms with Gasteiger partial charge >= 0.3 is 0 Å². The van der Waals surface area contributed by atoms with E-state index in [0.29, 0.717) is 6.42 Å². The Hall–Kier alpha value is -0.0800. The van der Waals surface area contributed by atoms with Crippen molar-refractivity contribution < 1.29 is 10.2 Å². The van der Waals surface area contributed by atoms with E-state index in [1.54, 1.807) is 0 Å². The molecule has 17 heavy (non-hydrogen) atoms. The van der Waals surface area contributed by atoms with Gasteiger partial charge in [0.15, 0.2) is 0 Å². The fourth-order valence-electron chi connectivity index (χ4n) is 2.32. The van der Waals surface area contributed by atoms with Gasteiger partial charge < -0.3 is 10.2 Å². The third-order valence-corrected chi connectivity index (χ3v) is 3.57. The number of aliphatic hydroxyl groups excluding tert-OH is 1. The lowest BCUT2D eigenvalue weighted by atomic mass is 9.87. The summed E-state index contributed by atoms with van der Waals surface area (Å²) in [6, 6.07) is 0. The highest BCUT2D eigenvalue weighted by Crippen LogP contribution is 2.25. The molecule has 0 aliphatic rings. The zero-order chi connectivity index (χ0) is 13.0. The van der Waals surface area contributed by atoms with Crippen molar-refractivity contribution in [1.82, 2.24) is 0 Å². The van der Waals surface area contributed by atoms with Gasteiger partial charge in [0.1, 0.15) is 0 Å². The van der Waals surface area contributed by atoms with E-state index in [1.807, 2.05) is 0 Å². The first-order valence-corrected chi connectivity index (χ1v) is 7.51. The number of aliphatic hydroxyl groups is 2. The number of rotatable bonds is 12. The van der Waals surface area contributed by atoms with Crippen molar-refractivity contribution in [1.29, 1.82) is 0 Å². The lowest BCUT2D eigenvalue weighted by Gasteiger charge is -2.27. The van der Waals surface area contributed by atoms with E-state index in [4.69, 9.17) is 5.11 Å². The lowest BCUT2D eigenvalue weighted by Crippen LogP contribution is -2.29. The summed E-state index contributed by atoms with van der Waals surface area (Å²) in [4.78, 5) is 0. The molecule has 2 N–H and O–H groups in total. The summed E-state index contributed by atoms with van der Waals surface area (Å²) in [5.41, 5.74) is -0.602. The fourth-order valence-corrected chi connectivity index (χ4v) is 2.32. The standard InChI is InChI=1S/C15H32O2/c1-3-5-7-8-9-10-12-15(17,13-14-16)11-6-4-2/h16-17H,3-14H2,1-2H3. The topological polar surface area (TPSA) is 40.5 Å². The van der Waals surface area contributed by atoms with Crippen LogP contribution in [0.1, 0.15) is 84.5 Å². The van der Waals surface area contributed by atoms with Gasteiger partial charge in [0.2, 0.25) is 0 Å². The molecule has 0 bridgehead atoms. The highest BCUT2D eigenvalue weighted by molar-refractivity contribution is 4.77. The van der Waals surface area contributed by atoms with E-state index in [0.717, 1.165) is 32.1 Å². The van der Waals surface area contributed by atoms with Crippen LogP contribution in [0, 0.1) is 0 Å². The fraction of sp³-hybridized carbons (Fsp3) is 1.00. The van der Waals surface area contributed by atoms with Crippen molar-refractivity contribution in [3.63, 3.8) is 0 Å². The Morgan fingerprint density at radius 3 is 1.82 bits per heavy atom. The third-order valence-electron chi connectivity index (χ3n) is 3.57. The molecule has 0 heterocycles. The van der Waals surface area contributed by atoms with Gasteiger partial charge in [-0.15, -0.1) is 0 Å². The summed E-state index contributed by atoms with van der Waals surface area (Å²) in [5, 5.41) is 19.4. The number of unbranched alkanes of at least 4 members (excludes halogenated alkanes) is 6. The SMILES string of the molecule is CCCCCCCCC(O)(CCO)CCCC. The quantitative estimate of drug-likeness (QED) is 0.509. The van der Waals surface area contributed by atoms with Gasteiger partial charge in [0.25, 0.3) is 0 Å². The van der Waals surface area contributed by atoms with Crippen LogP contribution in [-0.2, 0) is 0 Å². The first-order valence-electron chi connectivity index (χ1n) is 7.51. The third kappa shape index (κ3) is 9.61. The molecule has 0 rings (SSSR count). The van der Waals surface area contributed by atoms with Crippen LogP contribution in [0.15, 0.2) is 0 Å². The minimum absolute atomic E-state index is 0.107. The zero-order valence-corrected chi connectivity index (χ0v) is 11.9. The average Bonchev–Trinajstić information content (AvgIpc) is 2.32. The van der Waals surface area contributed by atoms with Crippen LogP contribution in [0.2, 0.25) is 0 Å². The predicted molar refractivity (Wildman–Crippen MR) is 74.2 cm³/mol. The zero-order valence-electron chi connectivity index (χ0n) is 11.9. The lowest BCUT2D eigenvalue weighted by molar-refractivity contribution is -0.00372. The molecule has 0 aromatic heterocycles. The van der Waals surface area contributed by atoms with Gasteiger partial charge in [0.05, 0.1) is 5.60 Å². The maximum absolute atomic E-state index is 10.4. The Kier molecular flexibility index (Phi) is 11.0. The van der Waals surface area contributed by atoms with Gasteiger partial charge in [-0.1, -0.05) is 65.2 Å². The Labute approximate surface area is 107 Å². The maximum atomic E-state index is 10.4. The molecular weight excluding hydrogens is 212 g/mol. The molecule has 2 heteroatoms. The normalized spacial score (nSPS) is 14.8. The van der Waals surface area contributed by atoms with Crippen molar-refractivity contribution in [3.05, 3.63) is 0 Å². The molecular formula is C15H32O2. The molecule has 0 saturated heterocycles. The van der Waals surface area contributed by atoms with Gasteiger partial charge in [-0.2, -0.15) is 0 Å². The van der Waals surface area contributed by atoms with Gasteiger partial charge in [0, 0.05) is 6.61 Å². The maximum Gasteiger partial charge on any atom is 0.0669 e. The summed E-state index contributed by atoms with van der Waals surface area (Å²) in [5.74, 6) is 0. The second kappa shape index (κ2) is 11.0. The van der Waals surface area contributed by atoms with E-state index < -0.39 is 5.60 Å². The summed E-state index contributed by atoms with van der Waals surface area (Å²) in [6.07, 6.45) is 12.0. The van der Waals surface area contributed by atoms with Crippen LogP contribution in [0.3, 0.4) is 0 Å². The largest absolute Gasteiger partial charge is 0.396 e. The minimum Gasteiger partial charge on any atom is -0.396 e. The highest BCUT2D eigenvalue weighted by atomic mass is 16.3. The summed E-state index contributed by atoms with van der Waals surface area (Å²) in [7, 11) is 0. The summed E-state index contributed by atoms with van der Waals surface area (Å²) >= 11 is 0. The van der Waals surface area contributed by atoms with Crippen LogP contribution >= 0.6 is 0 Å². The first kappa shape index (κ1) is 16.9. The molecule has 0 fully saturated rings. The average molecular weight is 244 g/mol. The van der Waals surface area contributed by atoms with Crippen molar-refractivity contribution in [3.8, 4) is 0 Å². The summed E-state index contributed by atoms with van der Waals surface area (Å²) in [6.45, 7) is 4.48. The van der Waals surface area contributed by atoms with E-state index >= 15 is 0 Å². The van der Waals surface area contributed by atoms with Crippen molar-refractivity contribution in [2.45, 2.75) is 90.1 Å². The molecule has 104 valence electrons. The molecule has 0 amide bonds. The van der Waals surface area contributed by atoms with Crippen LogP contribution in [-0.4, -0.2) is 22.4 Å². The smallest absolute Gasteiger partial charge is 0.0669 e. The molecule has 0 aromatic carbocycles. The van der Waals surface area contributed by atoms with E-state index in [1.165, 1.54) is 32.1 Å². The van der Waals surface area contributed by atoms with Crippen molar-refractivity contribution >= 4 is 0 Å². The first-order chi connectivity index (χ1) is 8.18. The second-order valence-electron chi connectivity index (χ2n) is 5.32. The molecule has 1 atom stereocenters. The Morgan fingerprint density at radius 1 is 0.706 bits per heavy atom. The van der Waals surface area contributed by atoms with Crippen LogP contribution in [0.25, 0.3) is 0 Å². The van der Waals surface area contributed by atoms with Crippen molar-refractivity contribution in [2.24, 2.45) is 0 Å². The van der Waals surface area contributed by atoms with Gasteiger partial charge in [-0.05, 0) is 19.3 Å². The van der Waals surface area contributed by atoms with E-state index in [-0.39, 0.29) is 6.61 Å². The number of hydrogen-bond donors (Lipinski definition) is 2. The molecule has 1 unspecified atom stereocenters. The second-order valence-corrected chi connectivity index (χ2v) is 5.32. The molecule has 0 spiro atoms. The molecule has 0 aromatic rings. The van der Waals surface area contributed by atoms with Crippen LogP contribution in [0.5, 0.6) is 0 Å². The van der Waals surface area contributed by atoms with Crippen molar-refractivity contribution in [2.75, 3.05) is 6.61 Å². The minimum atomic E-state index is -0.602. The monoisotopic (exact) mass is 244 g/mol. The molecule has 0 radical (unpaired) electrons. The van der Waals surface area contributed by atoms with E-state index in [9.17, 15) is 5.11 Å². The van der Waals surface area contributed by atoms with Crippen LogP contribution in [0.4, 0.5) is 0 Å². The highest BCUT2D eigenvalue weighted by Gasteiger charge is 2.24. The van der Waals surface area contributed by atoms with E-state index in [2.05, 4.69) is 13.8 Å². The number of hydrogen-bond acceptors (Lipinski definition) is 2.